The maximum atomic E-state index is 5.35. The van der Waals surface area contributed by atoms with Crippen LogP contribution >= 0.6 is 12.2 Å². The van der Waals surface area contributed by atoms with Gasteiger partial charge in [0.2, 0.25) is 0 Å². The van der Waals surface area contributed by atoms with E-state index in [0.29, 0.717) is 0 Å². The highest BCUT2D eigenvalue weighted by molar-refractivity contribution is 7.80. The normalized spacial score (nSPS) is 10.2. The van der Waals surface area contributed by atoms with Crippen molar-refractivity contribution in [2.45, 2.75) is 20.3 Å². The standard InChI is InChI=1S/C14H27N3S/c1-5-11-17(12-6-2)14(18)15-10-9-13-16(7-3)8-4/h5-6H,1-2,7-13H2,3-4H3,(H,15,18). The average molecular weight is 269 g/mol. The molecule has 0 aromatic carbocycles. The Kier molecular flexibility index (Phi) is 10.7. The van der Waals surface area contributed by atoms with Gasteiger partial charge in [-0.15, -0.1) is 13.2 Å². The third-order valence-corrected chi connectivity index (χ3v) is 3.21. The first-order chi connectivity index (χ1) is 8.69. The molecule has 18 heavy (non-hydrogen) atoms. The number of nitrogens with zero attached hydrogens (tertiary/aromatic N) is 2. The van der Waals surface area contributed by atoms with Crippen molar-refractivity contribution in [3.05, 3.63) is 25.3 Å². The summed E-state index contributed by atoms with van der Waals surface area (Å²) in [5.74, 6) is 0. The van der Waals surface area contributed by atoms with Gasteiger partial charge in [0.1, 0.15) is 0 Å². The number of rotatable bonds is 10. The van der Waals surface area contributed by atoms with E-state index in [0.717, 1.165) is 50.8 Å². The van der Waals surface area contributed by atoms with Crippen molar-refractivity contribution in [3.63, 3.8) is 0 Å². The minimum absolute atomic E-state index is 0.758. The van der Waals surface area contributed by atoms with Gasteiger partial charge in [-0.1, -0.05) is 26.0 Å². The molecule has 3 nitrogen and oxygen atoms in total. The van der Waals surface area contributed by atoms with Crippen LogP contribution in [0.1, 0.15) is 20.3 Å². The number of thiocarbonyl (C=S) groups is 1. The van der Waals surface area contributed by atoms with Gasteiger partial charge in [-0.3, -0.25) is 0 Å². The number of nitrogens with one attached hydrogen (secondary N) is 1. The first kappa shape index (κ1) is 17.1. The summed E-state index contributed by atoms with van der Waals surface area (Å²) in [6, 6.07) is 0. The molecule has 0 aromatic heterocycles. The first-order valence-corrected chi connectivity index (χ1v) is 7.07. The van der Waals surface area contributed by atoms with E-state index in [4.69, 9.17) is 12.2 Å². The van der Waals surface area contributed by atoms with Gasteiger partial charge in [-0.2, -0.15) is 0 Å². The van der Waals surface area contributed by atoms with Crippen LogP contribution in [0.3, 0.4) is 0 Å². The van der Waals surface area contributed by atoms with Crippen LogP contribution in [0.5, 0.6) is 0 Å². The van der Waals surface area contributed by atoms with Crippen molar-refractivity contribution in [1.29, 1.82) is 0 Å². The summed E-state index contributed by atoms with van der Waals surface area (Å²) in [5, 5.41) is 4.08. The topological polar surface area (TPSA) is 18.5 Å². The molecule has 0 aliphatic rings. The summed E-state index contributed by atoms with van der Waals surface area (Å²) in [5.41, 5.74) is 0. The van der Waals surface area contributed by atoms with Crippen molar-refractivity contribution in [3.8, 4) is 0 Å². The molecule has 1 N–H and O–H groups in total. The first-order valence-electron chi connectivity index (χ1n) is 6.66. The summed E-state index contributed by atoms with van der Waals surface area (Å²) in [7, 11) is 0. The van der Waals surface area contributed by atoms with Crippen LogP contribution in [-0.2, 0) is 0 Å². The van der Waals surface area contributed by atoms with Crippen LogP contribution in [0, 0.1) is 0 Å². The molecule has 0 unspecified atom stereocenters. The molecule has 0 aliphatic carbocycles. The van der Waals surface area contributed by atoms with Crippen molar-refractivity contribution in [2.24, 2.45) is 0 Å². The Morgan fingerprint density at radius 2 is 1.72 bits per heavy atom. The highest BCUT2D eigenvalue weighted by Crippen LogP contribution is 1.93. The molecule has 0 aromatic rings. The van der Waals surface area contributed by atoms with Crippen LogP contribution < -0.4 is 5.32 Å². The molecule has 0 bridgehead atoms. The zero-order chi connectivity index (χ0) is 13.8. The maximum absolute atomic E-state index is 5.35. The molecular formula is C14H27N3S. The van der Waals surface area contributed by atoms with Gasteiger partial charge in [-0.25, -0.2) is 0 Å². The third-order valence-electron chi connectivity index (χ3n) is 2.81. The summed E-state index contributed by atoms with van der Waals surface area (Å²) in [6.07, 6.45) is 4.82. The lowest BCUT2D eigenvalue weighted by Crippen LogP contribution is -2.41. The Bertz CT molecular complexity index is 239. The molecule has 0 heterocycles. The minimum Gasteiger partial charge on any atom is -0.363 e. The quantitative estimate of drug-likeness (QED) is 0.372. The van der Waals surface area contributed by atoms with E-state index < -0.39 is 0 Å². The second-order valence-corrected chi connectivity index (χ2v) is 4.48. The number of hydrogen-bond donors (Lipinski definition) is 1. The summed E-state index contributed by atoms with van der Waals surface area (Å²) >= 11 is 5.35. The molecule has 104 valence electrons. The lowest BCUT2D eigenvalue weighted by atomic mass is 10.3. The van der Waals surface area contributed by atoms with Crippen LogP contribution in [0.15, 0.2) is 25.3 Å². The van der Waals surface area contributed by atoms with Gasteiger partial charge >= 0.3 is 0 Å². The third kappa shape index (κ3) is 7.45. The lowest BCUT2D eigenvalue weighted by Gasteiger charge is -2.23. The second-order valence-electron chi connectivity index (χ2n) is 4.09. The molecule has 0 aliphatic heterocycles. The Labute approximate surface area is 118 Å². The highest BCUT2D eigenvalue weighted by atomic mass is 32.1. The van der Waals surface area contributed by atoms with E-state index in [1.54, 1.807) is 0 Å². The fourth-order valence-electron chi connectivity index (χ4n) is 1.70. The molecular weight excluding hydrogens is 242 g/mol. The van der Waals surface area contributed by atoms with Crippen molar-refractivity contribution >= 4 is 17.3 Å². The van der Waals surface area contributed by atoms with Gasteiger partial charge in [0, 0.05) is 19.6 Å². The van der Waals surface area contributed by atoms with Crippen LogP contribution in [0.25, 0.3) is 0 Å². The van der Waals surface area contributed by atoms with E-state index in [9.17, 15) is 0 Å². The lowest BCUT2D eigenvalue weighted by molar-refractivity contribution is 0.299. The molecule has 0 spiro atoms. The average Bonchev–Trinajstić information content (AvgIpc) is 2.38. The van der Waals surface area contributed by atoms with E-state index >= 15 is 0 Å². The number of hydrogen-bond acceptors (Lipinski definition) is 2. The Balaban J connectivity index is 3.85. The summed E-state index contributed by atoms with van der Waals surface area (Å²) in [6.45, 7) is 17.6. The predicted molar refractivity (Wildman–Crippen MR) is 85.0 cm³/mol. The zero-order valence-corrected chi connectivity index (χ0v) is 12.6. The minimum atomic E-state index is 0.758. The van der Waals surface area contributed by atoms with Gasteiger partial charge < -0.3 is 15.1 Å². The SMILES string of the molecule is C=CCN(CC=C)C(=S)NCCCN(CC)CC. The van der Waals surface area contributed by atoms with E-state index in [2.05, 4.69) is 37.2 Å². The monoisotopic (exact) mass is 269 g/mol. The maximum Gasteiger partial charge on any atom is 0.169 e. The fourth-order valence-corrected chi connectivity index (χ4v) is 1.95. The van der Waals surface area contributed by atoms with E-state index in [1.807, 2.05) is 17.1 Å². The van der Waals surface area contributed by atoms with E-state index in [1.165, 1.54) is 0 Å². The van der Waals surface area contributed by atoms with Crippen LogP contribution in [-0.4, -0.2) is 54.2 Å². The summed E-state index contributed by atoms with van der Waals surface area (Å²) < 4.78 is 0. The highest BCUT2D eigenvalue weighted by Gasteiger charge is 2.05. The molecule has 0 atom stereocenters. The van der Waals surface area contributed by atoms with Gasteiger partial charge in [0.15, 0.2) is 5.11 Å². The molecule has 0 rings (SSSR count). The predicted octanol–water partition coefficient (Wildman–Crippen LogP) is 2.27. The molecule has 0 amide bonds. The van der Waals surface area contributed by atoms with Gasteiger partial charge in [0.25, 0.3) is 0 Å². The smallest absolute Gasteiger partial charge is 0.169 e. The summed E-state index contributed by atoms with van der Waals surface area (Å²) in [4.78, 5) is 4.46. The van der Waals surface area contributed by atoms with Crippen molar-refractivity contribution < 1.29 is 0 Å². The Hall–Kier alpha value is -0.870. The molecule has 0 radical (unpaired) electrons. The molecule has 0 fully saturated rings. The van der Waals surface area contributed by atoms with Gasteiger partial charge in [-0.05, 0) is 38.3 Å². The van der Waals surface area contributed by atoms with Crippen LogP contribution in [0.2, 0.25) is 0 Å². The fraction of sp³-hybridized carbons (Fsp3) is 0.643. The zero-order valence-electron chi connectivity index (χ0n) is 11.8. The van der Waals surface area contributed by atoms with Crippen LogP contribution in [0.4, 0.5) is 0 Å². The van der Waals surface area contributed by atoms with E-state index in [-0.39, 0.29) is 0 Å². The van der Waals surface area contributed by atoms with Gasteiger partial charge in [0.05, 0.1) is 0 Å². The molecule has 0 saturated heterocycles. The van der Waals surface area contributed by atoms with Crippen molar-refractivity contribution in [2.75, 3.05) is 39.3 Å². The molecule has 4 heteroatoms. The second kappa shape index (κ2) is 11.2. The van der Waals surface area contributed by atoms with Crippen molar-refractivity contribution in [1.82, 2.24) is 15.1 Å². The Morgan fingerprint density at radius 3 is 2.17 bits per heavy atom. The molecule has 0 saturated carbocycles. The largest absolute Gasteiger partial charge is 0.363 e. The Morgan fingerprint density at radius 1 is 1.17 bits per heavy atom.